The summed E-state index contributed by atoms with van der Waals surface area (Å²) in [6.07, 6.45) is -0.799. The number of nitrogens with one attached hydrogen (secondary N) is 1. The molecule has 2 rings (SSSR count). The minimum atomic E-state index is -1.19. The maximum Gasteiger partial charge on any atom is 0.414 e. The Morgan fingerprint density at radius 3 is 2.68 bits per heavy atom. The maximum absolute atomic E-state index is 14.3. The predicted octanol–water partition coefficient (Wildman–Crippen LogP) is 2.37. The van der Waals surface area contributed by atoms with Crippen LogP contribution in [0.25, 0.3) is 0 Å². The maximum atomic E-state index is 14.3. The van der Waals surface area contributed by atoms with Crippen molar-refractivity contribution in [3.05, 3.63) is 29.6 Å². The number of hydrogen-bond donors (Lipinski definition) is 2. The standard InChI is InChI=1S/C17H23FN4O3/c1-16(2,3)25-15(24)20-14-21-17(4,9-13(23)22(14)5)11-8-10(19)6-7-12(11)18/h6-8H,9,19H2,1-5H3,(H,20,21,24)/t17-/m0/s1. The summed E-state index contributed by atoms with van der Waals surface area (Å²) in [4.78, 5) is 30.0. The van der Waals surface area contributed by atoms with Gasteiger partial charge in [-0.2, -0.15) is 0 Å². The number of nitrogen functional groups attached to an aromatic ring is 1. The monoisotopic (exact) mass is 350 g/mol. The molecule has 3 N–H and O–H groups in total. The van der Waals surface area contributed by atoms with Crippen molar-refractivity contribution in [2.75, 3.05) is 12.8 Å². The molecule has 1 atom stereocenters. The highest BCUT2D eigenvalue weighted by Gasteiger charge is 2.39. The Labute approximate surface area is 146 Å². The number of aliphatic imine (C=N–C) groups is 1. The Balaban J connectivity index is 2.39. The Hall–Kier alpha value is -2.64. The van der Waals surface area contributed by atoms with E-state index in [1.54, 1.807) is 27.7 Å². The number of ether oxygens (including phenoxy) is 1. The number of halogens is 1. The van der Waals surface area contributed by atoms with E-state index < -0.39 is 23.1 Å². The molecule has 7 nitrogen and oxygen atoms in total. The third kappa shape index (κ3) is 4.26. The fraction of sp³-hybridized carbons (Fsp3) is 0.471. The summed E-state index contributed by atoms with van der Waals surface area (Å²) in [6.45, 7) is 6.77. The Morgan fingerprint density at radius 1 is 1.44 bits per heavy atom. The number of benzene rings is 1. The molecule has 1 aliphatic rings. The van der Waals surface area contributed by atoms with Gasteiger partial charge in [0.15, 0.2) is 0 Å². The average molecular weight is 350 g/mol. The molecule has 0 unspecified atom stereocenters. The van der Waals surface area contributed by atoms with Gasteiger partial charge in [-0.3, -0.25) is 15.0 Å². The molecule has 0 saturated heterocycles. The van der Waals surface area contributed by atoms with Crippen molar-refractivity contribution < 1.29 is 18.7 Å². The van der Waals surface area contributed by atoms with E-state index in [-0.39, 0.29) is 23.9 Å². The van der Waals surface area contributed by atoms with E-state index in [2.05, 4.69) is 10.3 Å². The van der Waals surface area contributed by atoms with Crippen molar-refractivity contribution in [2.24, 2.45) is 4.99 Å². The summed E-state index contributed by atoms with van der Waals surface area (Å²) in [6, 6.07) is 4.11. The number of rotatable bonds is 1. The van der Waals surface area contributed by atoms with Crippen LogP contribution >= 0.6 is 0 Å². The molecular formula is C17H23FN4O3. The number of anilines is 1. The summed E-state index contributed by atoms with van der Waals surface area (Å²) < 4.78 is 19.5. The molecule has 0 aliphatic carbocycles. The highest BCUT2D eigenvalue weighted by atomic mass is 19.1. The first-order valence-electron chi connectivity index (χ1n) is 7.83. The van der Waals surface area contributed by atoms with Gasteiger partial charge in [0.1, 0.15) is 11.4 Å². The summed E-state index contributed by atoms with van der Waals surface area (Å²) in [5.41, 5.74) is 4.40. The van der Waals surface area contributed by atoms with Gasteiger partial charge in [0.05, 0.1) is 12.0 Å². The van der Waals surface area contributed by atoms with Gasteiger partial charge in [0.25, 0.3) is 0 Å². The van der Waals surface area contributed by atoms with Crippen LogP contribution in [0.2, 0.25) is 0 Å². The smallest absolute Gasteiger partial charge is 0.414 e. The van der Waals surface area contributed by atoms with Crippen LogP contribution in [0.5, 0.6) is 0 Å². The van der Waals surface area contributed by atoms with E-state index in [0.717, 1.165) is 0 Å². The number of hydrogen-bond acceptors (Lipinski definition) is 5. The second kappa shape index (κ2) is 6.34. The van der Waals surface area contributed by atoms with Crippen molar-refractivity contribution in [1.29, 1.82) is 0 Å². The minimum Gasteiger partial charge on any atom is -0.444 e. The lowest BCUT2D eigenvalue weighted by Gasteiger charge is -2.35. The van der Waals surface area contributed by atoms with Crippen molar-refractivity contribution in [1.82, 2.24) is 10.2 Å². The molecule has 0 bridgehead atoms. The van der Waals surface area contributed by atoms with Crippen LogP contribution < -0.4 is 11.1 Å². The molecule has 2 amide bonds. The topological polar surface area (TPSA) is 97.0 Å². The van der Waals surface area contributed by atoms with Crippen LogP contribution in [-0.2, 0) is 15.1 Å². The zero-order valence-corrected chi connectivity index (χ0v) is 15.0. The summed E-state index contributed by atoms with van der Waals surface area (Å²) in [5.74, 6) is -0.838. The van der Waals surface area contributed by atoms with E-state index in [1.807, 2.05) is 0 Å². The quantitative estimate of drug-likeness (QED) is 0.760. The minimum absolute atomic E-state index is 0.00479. The van der Waals surface area contributed by atoms with Crippen LogP contribution in [0.15, 0.2) is 23.2 Å². The lowest BCUT2D eigenvalue weighted by atomic mass is 9.87. The first-order chi connectivity index (χ1) is 11.4. The third-order valence-electron chi connectivity index (χ3n) is 3.72. The van der Waals surface area contributed by atoms with Gasteiger partial charge in [-0.25, -0.2) is 14.2 Å². The zero-order valence-electron chi connectivity index (χ0n) is 15.0. The molecule has 0 fully saturated rings. The first-order valence-corrected chi connectivity index (χ1v) is 7.83. The van der Waals surface area contributed by atoms with Gasteiger partial charge >= 0.3 is 6.09 Å². The molecule has 136 valence electrons. The van der Waals surface area contributed by atoms with Crippen LogP contribution in [0, 0.1) is 5.82 Å². The molecule has 1 aromatic rings. The van der Waals surface area contributed by atoms with Crippen LogP contribution in [0.4, 0.5) is 14.9 Å². The summed E-state index contributed by atoms with van der Waals surface area (Å²) in [7, 11) is 1.48. The fourth-order valence-electron chi connectivity index (χ4n) is 2.50. The van der Waals surface area contributed by atoms with Gasteiger partial charge in [-0.05, 0) is 45.9 Å². The van der Waals surface area contributed by atoms with Gasteiger partial charge < -0.3 is 10.5 Å². The van der Waals surface area contributed by atoms with Gasteiger partial charge in [-0.15, -0.1) is 0 Å². The number of nitrogens with two attached hydrogens (primary N) is 1. The van der Waals surface area contributed by atoms with E-state index in [9.17, 15) is 14.0 Å². The van der Waals surface area contributed by atoms with Crippen LogP contribution in [0.3, 0.4) is 0 Å². The molecule has 0 spiro atoms. The highest BCUT2D eigenvalue weighted by molar-refractivity contribution is 6.04. The average Bonchev–Trinajstić information content (AvgIpc) is 2.45. The number of guanidine groups is 1. The van der Waals surface area contributed by atoms with Gasteiger partial charge in [0.2, 0.25) is 11.9 Å². The Kier molecular flexibility index (Phi) is 4.74. The molecule has 1 aromatic carbocycles. The molecule has 1 aliphatic heterocycles. The van der Waals surface area contributed by atoms with Crippen molar-refractivity contribution in [3.8, 4) is 0 Å². The van der Waals surface area contributed by atoms with Crippen molar-refractivity contribution in [2.45, 2.75) is 45.3 Å². The van der Waals surface area contributed by atoms with Crippen molar-refractivity contribution >= 4 is 23.6 Å². The second-order valence-corrected chi connectivity index (χ2v) is 7.20. The predicted molar refractivity (Wildman–Crippen MR) is 92.4 cm³/mol. The van der Waals surface area contributed by atoms with Crippen LogP contribution in [-0.4, -0.2) is 35.5 Å². The number of amides is 2. The number of carbonyl (C=O) groups is 2. The lowest BCUT2D eigenvalue weighted by Crippen LogP contribution is -2.52. The molecule has 1 heterocycles. The molecule has 0 aromatic heterocycles. The Morgan fingerprint density at radius 2 is 2.08 bits per heavy atom. The Bertz CT molecular complexity index is 742. The molecule has 8 heteroatoms. The summed E-state index contributed by atoms with van der Waals surface area (Å²) >= 11 is 0. The van der Waals surface area contributed by atoms with Crippen LogP contribution in [0.1, 0.15) is 39.7 Å². The zero-order chi connectivity index (χ0) is 19.0. The lowest BCUT2D eigenvalue weighted by molar-refractivity contribution is -0.128. The fourth-order valence-corrected chi connectivity index (χ4v) is 2.50. The molecular weight excluding hydrogens is 327 g/mol. The van der Waals surface area contributed by atoms with E-state index in [1.165, 1.54) is 30.1 Å². The third-order valence-corrected chi connectivity index (χ3v) is 3.72. The van der Waals surface area contributed by atoms with E-state index in [4.69, 9.17) is 10.5 Å². The number of carbonyl (C=O) groups excluding carboxylic acids is 2. The number of nitrogens with zero attached hydrogens (tertiary/aromatic N) is 2. The highest BCUT2D eigenvalue weighted by Crippen LogP contribution is 2.35. The van der Waals surface area contributed by atoms with E-state index in [0.29, 0.717) is 5.69 Å². The first kappa shape index (κ1) is 18.7. The SMILES string of the molecule is CN1C(=O)C[C@@](C)(c2cc(N)ccc2F)N=C1NC(=O)OC(C)(C)C. The molecule has 0 radical (unpaired) electrons. The van der Waals surface area contributed by atoms with Gasteiger partial charge in [-0.1, -0.05) is 0 Å². The largest absolute Gasteiger partial charge is 0.444 e. The van der Waals surface area contributed by atoms with Gasteiger partial charge in [0, 0.05) is 18.3 Å². The number of alkyl carbamates (subject to hydrolysis) is 1. The van der Waals surface area contributed by atoms with E-state index >= 15 is 0 Å². The summed E-state index contributed by atoms with van der Waals surface area (Å²) in [5, 5.41) is 2.45. The molecule has 25 heavy (non-hydrogen) atoms. The van der Waals surface area contributed by atoms with Crippen molar-refractivity contribution in [3.63, 3.8) is 0 Å². The normalized spacial score (nSPS) is 21.0. The molecule has 0 saturated carbocycles. The second-order valence-electron chi connectivity index (χ2n) is 7.20.